The summed E-state index contributed by atoms with van der Waals surface area (Å²) in [5.74, 6) is -0.922. The molecule has 30 heavy (non-hydrogen) atoms. The zero-order valence-corrected chi connectivity index (χ0v) is 17.1. The van der Waals surface area contributed by atoms with Crippen molar-refractivity contribution in [3.05, 3.63) is 53.5 Å². The molecule has 8 heteroatoms. The van der Waals surface area contributed by atoms with Crippen molar-refractivity contribution in [2.75, 3.05) is 26.2 Å². The van der Waals surface area contributed by atoms with Crippen LogP contribution < -0.4 is 10.6 Å². The first-order valence-corrected chi connectivity index (χ1v) is 10.7. The minimum Gasteiger partial charge on any atom is -0.481 e. The first-order valence-electron chi connectivity index (χ1n) is 10.7. The van der Waals surface area contributed by atoms with Crippen LogP contribution in [0.5, 0.6) is 0 Å². The zero-order valence-electron chi connectivity index (χ0n) is 17.1. The largest absolute Gasteiger partial charge is 0.481 e. The molecular weight excluding hydrogens is 382 g/mol. The van der Waals surface area contributed by atoms with Crippen LogP contribution in [0.2, 0.25) is 0 Å². The molecule has 2 fully saturated rings. The highest BCUT2D eigenvalue weighted by Gasteiger charge is 2.35. The average Bonchev–Trinajstić information content (AvgIpc) is 3.12. The number of rotatable bonds is 8. The van der Waals surface area contributed by atoms with Crippen LogP contribution in [0.15, 0.2) is 47.9 Å². The number of urea groups is 1. The van der Waals surface area contributed by atoms with Crippen LogP contribution in [0, 0.1) is 0 Å². The number of aromatic nitrogens is 1. The lowest BCUT2D eigenvalue weighted by atomic mass is 9.99. The quantitative estimate of drug-likeness (QED) is 0.607. The number of allylic oxidation sites excluding steroid dienone is 3. The van der Waals surface area contributed by atoms with E-state index in [0.717, 1.165) is 31.4 Å². The highest BCUT2D eigenvalue weighted by atomic mass is 16.4. The normalized spacial score (nSPS) is 22.1. The molecule has 3 aliphatic rings. The first kappa shape index (κ1) is 20.4. The van der Waals surface area contributed by atoms with Gasteiger partial charge in [-0.05, 0) is 55.5 Å². The average molecular weight is 412 g/mol. The molecule has 3 N–H and O–H groups in total. The van der Waals surface area contributed by atoms with E-state index in [2.05, 4.69) is 27.8 Å². The fourth-order valence-electron chi connectivity index (χ4n) is 4.44. The fourth-order valence-corrected chi connectivity index (χ4v) is 4.44. The standard InChI is InChI=1S/C22H29N5O3/c28-20(29)14-19(17-5-1-9-23-15-17)27-13-12-26(22(27)30)11-3-6-18-8-7-16-4-2-10-24-21(16)25-18/h1,5,7-9,15,19,21,24-25H,2-4,6,10-14H2,(H,28,29)/t19-,21?/m0/s1. The second kappa shape index (κ2) is 9.30. The molecule has 2 atom stereocenters. The van der Waals surface area contributed by atoms with Crippen molar-refractivity contribution in [3.63, 3.8) is 0 Å². The van der Waals surface area contributed by atoms with Gasteiger partial charge in [-0.3, -0.25) is 15.1 Å². The van der Waals surface area contributed by atoms with Crippen LogP contribution in [0.1, 0.15) is 43.7 Å². The number of carbonyl (C=O) groups excluding carboxylic acids is 1. The van der Waals surface area contributed by atoms with Gasteiger partial charge in [0.2, 0.25) is 0 Å². The number of piperidine rings is 1. The van der Waals surface area contributed by atoms with Crippen molar-refractivity contribution in [1.82, 2.24) is 25.4 Å². The summed E-state index contributed by atoms with van der Waals surface area (Å²) in [6.45, 7) is 2.85. The minimum atomic E-state index is -0.922. The third-order valence-electron chi connectivity index (χ3n) is 6.00. The molecule has 4 heterocycles. The Bertz CT molecular complexity index is 838. The van der Waals surface area contributed by atoms with Crippen LogP contribution in [0.3, 0.4) is 0 Å². The number of hydrogen-bond donors (Lipinski definition) is 3. The van der Waals surface area contributed by atoms with Crippen molar-refractivity contribution in [2.24, 2.45) is 0 Å². The molecule has 3 aliphatic heterocycles. The number of aliphatic carboxylic acids is 1. The van der Waals surface area contributed by atoms with E-state index in [1.54, 1.807) is 23.4 Å². The number of hydrogen-bond acceptors (Lipinski definition) is 5. The maximum absolute atomic E-state index is 13.0. The number of carboxylic acids is 1. The van der Waals surface area contributed by atoms with E-state index in [1.165, 1.54) is 17.7 Å². The lowest BCUT2D eigenvalue weighted by Gasteiger charge is -2.32. The Kier molecular flexibility index (Phi) is 6.32. The summed E-state index contributed by atoms with van der Waals surface area (Å²) < 4.78 is 0. The highest BCUT2D eigenvalue weighted by Crippen LogP contribution is 2.28. The molecule has 0 saturated carbocycles. The Morgan fingerprint density at radius 1 is 1.33 bits per heavy atom. The van der Waals surface area contributed by atoms with E-state index >= 15 is 0 Å². The molecule has 1 aromatic heterocycles. The summed E-state index contributed by atoms with van der Waals surface area (Å²) in [4.78, 5) is 31.9. The Hall–Kier alpha value is -2.87. The van der Waals surface area contributed by atoms with Crippen LogP contribution in [-0.2, 0) is 4.79 Å². The van der Waals surface area contributed by atoms with E-state index in [-0.39, 0.29) is 18.6 Å². The van der Waals surface area contributed by atoms with E-state index < -0.39 is 12.0 Å². The van der Waals surface area contributed by atoms with E-state index in [4.69, 9.17) is 0 Å². The number of dihydropyridines is 1. The van der Waals surface area contributed by atoms with Crippen molar-refractivity contribution in [2.45, 2.75) is 44.3 Å². The zero-order chi connectivity index (χ0) is 20.9. The van der Waals surface area contributed by atoms with Gasteiger partial charge in [0, 0.05) is 37.7 Å². The Morgan fingerprint density at radius 2 is 2.23 bits per heavy atom. The van der Waals surface area contributed by atoms with Crippen LogP contribution >= 0.6 is 0 Å². The molecule has 160 valence electrons. The van der Waals surface area contributed by atoms with Gasteiger partial charge in [-0.15, -0.1) is 0 Å². The van der Waals surface area contributed by atoms with Crippen molar-refractivity contribution in [1.29, 1.82) is 0 Å². The topological polar surface area (TPSA) is 97.8 Å². The van der Waals surface area contributed by atoms with Gasteiger partial charge in [0.15, 0.2) is 0 Å². The van der Waals surface area contributed by atoms with Gasteiger partial charge in [-0.1, -0.05) is 12.1 Å². The van der Waals surface area contributed by atoms with Gasteiger partial charge in [0.05, 0.1) is 18.6 Å². The molecule has 0 aromatic carbocycles. The van der Waals surface area contributed by atoms with Crippen LogP contribution in [0.25, 0.3) is 0 Å². The van der Waals surface area contributed by atoms with Crippen molar-refractivity contribution in [3.8, 4) is 0 Å². The lowest BCUT2D eigenvalue weighted by Crippen LogP contribution is -2.47. The Labute approximate surface area is 176 Å². The second-order valence-corrected chi connectivity index (χ2v) is 8.04. The van der Waals surface area contributed by atoms with Crippen molar-refractivity contribution >= 4 is 12.0 Å². The molecule has 1 aromatic rings. The van der Waals surface area contributed by atoms with E-state index in [9.17, 15) is 14.7 Å². The van der Waals surface area contributed by atoms with Crippen LogP contribution in [-0.4, -0.2) is 64.2 Å². The number of carbonyl (C=O) groups is 2. The van der Waals surface area contributed by atoms with Gasteiger partial charge in [-0.25, -0.2) is 4.79 Å². The Morgan fingerprint density at radius 3 is 3.03 bits per heavy atom. The van der Waals surface area contributed by atoms with Crippen molar-refractivity contribution < 1.29 is 14.7 Å². The summed E-state index contributed by atoms with van der Waals surface area (Å²) in [5, 5.41) is 16.4. The molecule has 2 amide bonds. The van der Waals surface area contributed by atoms with E-state index in [1.807, 2.05) is 11.0 Å². The highest BCUT2D eigenvalue weighted by molar-refractivity contribution is 5.78. The summed E-state index contributed by atoms with van der Waals surface area (Å²) in [6, 6.07) is 3.02. The number of carboxylic acid groups (broad SMARTS) is 1. The summed E-state index contributed by atoms with van der Waals surface area (Å²) in [6.07, 6.45) is 11.9. The molecule has 0 bridgehead atoms. The van der Waals surface area contributed by atoms with Gasteiger partial charge < -0.3 is 20.2 Å². The summed E-state index contributed by atoms with van der Waals surface area (Å²) in [7, 11) is 0. The molecule has 8 nitrogen and oxygen atoms in total. The molecule has 4 rings (SSSR count). The third-order valence-corrected chi connectivity index (χ3v) is 6.00. The predicted molar refractivity (Wildman–Crippen MR) is 112 cm³/mol. The maximum atomic E-state index is 13.0. The third kappa shape index (κ3) is 4.64. The molecule has 2 saturated heterocycles. The summed E-state index contributed by atoms with van der Waals surface area (Å²) in [5.41, 5.74) is 3.37. The molecule has 0 aliphatic carbocycles. The number of nitrogens with zero attached hydrogens (tertiary/aromatic N) is 3. The molecule has 0 spiro atoms. The second-order valence-electron chi connectivity index (χ2n) is 8.04. The molecule has 0 radical (unpaired) electrons. The number of nitrogens with one attached hydrogen (secondary N) is 2. The SMILES string of the molecule is O=C(O)C[C@@H](c1cccnc1)N1CCN(CCCC2=CC=C3CCCNC3N2)C1=O. The monoisotopic (exact) mass is 411 g/mol. The van der Waals surface area contributed by atoms with Gasteiger partial charge in [0.1, 0.15) is 0 Å². The smallest absolute Gasteiger partial charge is 0.320 e. The van der Waals surface area contributed by atoms with E-state index in [0.29, 0.717) is 19.6 Å². The lowest BCUT2D eigenvalue weighted by molar-refractivity contribution is -0.138. The summed E-state index contributed by atoms with van der Waals surface area (Å²) >= 11 is 0. The van der Waals surface area contributed by atoms with Gasteiger partial charge >= 0.3 is 12.0 Å². The minimum absolute atomic E-state index is 0.0909. The number of amides is 2. The first-order chi connectivity index (χ1) is 14.6. The Balaban J connectivity index is 1.32. The maximum Gasteiger partial charge on any atom is 0.320 e. The number of fused-ring (bicyclic) bond motifs is 1. The van der Waals surface area contributed by atoms with Gasteiger partial charge in [0.25, 0.3) is 0 Å². The number of pyridine rings is 1. The molecular formula is C22H29N5O3. The van der Waals surface area contributed by atoms with Gasteiger partial charge in [-0.2, -0.15) is 0 Å². The fraction of sp³-hybridized carbons (Fsp3) is 0.500. The predicted octanol–water partition coefficient (Wildman–Crippen LogP) is 2.24. The van der Waals surface area contributed by atoms with Crippen LogP contribution in [0.4, 0.5) is 4.79 Å². The molecule has 1 unspecified atom stereocenters.